The van der Waals surface area contributed by atoms with Crippen LogP contribution in [0, 0.1) is 5.92 Å². The third kappa shape index (κ3) is 3.74. The van der Waals surface area contributed by atoms with E-state index in [1.54, 1.807) is 0 Å². The quantitative estimate of drug-likeness (QED) is 0.582. The van der Waals surface area contributed by atoms with Gasteiger partial charge in [0.2, 0.25) is 5.91 Å². The molecule has 0 heterocycles. The maximum Gasteiger partial charge on any atom is 0.325 e. The summed E-state index contributed by atoms with van der Waals surface area (Å²) in [5.41, 5.74) is 5.61. The normalized spacial score (nSPS) is 16.9. The molecule has 82 valence electrons. The van der Waals surface area contributed by atoms with Crippen LogP contribution in [0.25, 0.3) is 0 Å². The minimum atomic E-state index is -1.06. The average molecular weight is 202 g/mol. The number of carbonyl (C=O) groups is 2. The predicted molar refractivity (Wildman–Crippen MR) is 52.7 cm³/mol. The van der Waals surface area contributed by atoms with Crippen molar-refractivity contribution in [2.75, 3.05) is 0 Å². The van der Waals surface area contributed by atoms with Gasteiger partial charge in [-0.25, -0.2) is 0 Å². The molecule has 0 radical (unpaired) electrons. The molecule has 0 saturated carbocycles. The van der Waals surface area contributed by atoms with Gasteiger partial charge in [-0.1, -0.05) is 20.3 Å². The van der Waals surface area contributed by atoms with Crippen molar-refractivity contribution in [3.05, 3.63) is 0 Å². The highest BCUT2D eigenvalue weighted by Gasteiger charge is 2.22. The number of rotatable bonds is 5. The molecule has 0 spiro atoms. The average Bonchev–Trinajstić information content (AvgIpc) is 2.14. The molecule has 0 aromatic rings. The van der Waals surface area contributed by atoms with Gasteiger partial charge in [0.15, 0.2) is 0 Å². The fourth-order valence-corrected chi connectivity index (χ4v) is 0.884. The van der Waals surface area contributed by atoms with Crippen LogP contribution in [-0.2, 0) is 9.59 Å². The van der Waals surface area contributed by atoms with Gasteiger partial charge in [0.25, 0.3) is 0 Å². The molecule has 0 aromatic carbocycles. The smallest absolute Gasteiger partial charge is 0.325 e. The van der Waals surface area contributed by atoms with Crippen molar-refractivity contribution in [1.82, 2.24) is 5.32 Å². The van der Waals surface area contributed by atoms with Crippen LogP contribution in [0.1, 0.15) is 27.2 Å². The van der Waals surface area contributed by atoms with E-state index in [0.29, 0.717) is 0 Å². The van der Waals surface area contributed by atoms with Crippen LogP contribution < -0.4 is 11.1 Å². The van der Waals surface area contributed by atoms with E-state index in [1.807, 2.05) is 13.8 Å². The molecule has 0 fully saturated rings. The molecule has 0 saturated heterocycles. The lowest BCUT2D eigenvalue weighted by Crippen LogP contribution is -2.49. The van der Waals surface area contributed by atoms with Crippen molar-refractivity contribution >= 4 is 11.9 Å². The van der Waals surface area contributed by atoms with Crippen LogP contribution in [0.2, 0.25) is 0 Å². The van der Waals surface area contributed by atoms with Gasteiger partial charge >= 0.3 is 5.97 Å². The summed E-state index contributed by atoms with van der Waals surface area (Å²) in [6.07, 6.45) is 0.788. The van der Waals surface area contributed by atoms with Gasteiger partial charge in [-0.3, -0.25) is 9.59 Å². The van der Waals surface area contributed by atoms with Gasteiger partial charge < -0.3 is 16.2 Å². The van der Waals surface area contributed by atoms with Crippen molar-refractivity contribution in [2.45, 2.75) is 39.3 Å². The molecule has 0 bridgehead atoms. The van der Waals surface area contributed by atoms with E-state index < -0.39 is 24.0 Å². The van der Waals surface area contributed by atoms with Crippen molar-refractivity contribution in [3.63, 3.8) is 0 Å². The van der Waals surface area contributed by atoms with Gasteiger partial charge in [0.05, 0.1) is 6.04 Å². The summed E-state index contributed by atoms with van der Waals surface area (Å²) in [5.74, 6) is -1.42. The van der Waals surface area contributed by atoms with Crippen LogP contribution in [0.15, 0.2) is 0 Å². The Bertz CT molecular complexity index is 218. The number of aliphatic carboxylic acids is 1. The number of nitrogens with one attached hydrogen (secondary N) is 1. The Kier molecular flexibility index (Phi) is 5.15. The lowest BCUT2D eigenvalue weighted by Gasteiger charge is -2.19. The van der Waals surface area contributed by atoms with Gasteiger partial charge in [-0.15, -0.1) is 0 Å². The number of nitrogens with two attached hydrogens (primary N) is 1. The SMILES string of the molecule is CCC(C)[C@H](N)C(=O)N[C@H](C)C(=O)O. The third-order valence-corrected chi connectivity index (χ3v) is 2.29. The molecule has 1 amide bonds. The van der Waals surface area contributed by atoms with Crippen LogP contribution in [0.5, 0.6) is 0 Å². The first-order valence-electron chi connectivity index (χ1n) is 4.68. The fraction of sp³-hybridized carbons (Fsp3) is 0.778. The summed E-state index contributed by atoms with van der Waals surface area (Å²) in [6, 6.07) is -1.53. The minimum Gasteiger partial charge on any atom is -0.480 e. The Labute approximate surface area is 83.7 Å². The molecule has 14 heavy (non-hydrogen) atoms. The zero-order valence-corrected chi connectivity index (χ0v) is 8.78. The number of carbonyl (C=O) groups excluding carboxylic acids is 1. The second-order valence-electron chi connectivity index (χ2n) is 3.48. The summed E-state index contributed by atoms with van der Waals surface area (Å²) < 4.78 is 0. The maximum absolute atomic E-state index is 11.4. The Morgan fingerprint density at radius 1 is 1.43 bits per heavy atom. The van der Waals surface area contributed by atoms with Crippen molar-refractivity contribution < 1.29 is 14.7 Å². The van der Waals surface area contributed by atoms with Gasteiger partial charge in [0.1, 0.15) is 6.04 Å². The summed E-state index contributed by atoms with van der Waals surface area (Å²) in [4.78, 5) is 21.8. The molecule has 5 heteroatoms. The summed E-state index contributed by atoms with van der Waals surface area (Å²) in [7, 11) is 0. The zero-order chi connectivity index (χ0) is 11.3. The Morgan fingerprint density at radius 3 is 2.29 bits per heavy atom. The third-order valence-electron chi connectivity index (χ3n) is 2.29. The number of hydrogen-bond acceptors (Lipinski definition) is 3. The molecule has 0 rings (SSSR count). The Balaban J connectivity index is 4.14. The standard InChI is InChI=1S/C9H18N2O3/c1-4-5(2)7(10)8(12)11-6(3)9(13)14/h5-7H,4,10H2,1-3H3,(H,11,12)(H,13,14)/t5?,6-,7+/m1/s1. The molecule has 1 unspecified atom stereocenters. The first-order chi connectivity index (χ1) is 6.40. The van der Waals surface area contributed by atoms with E-state index in [-0.39, 0.29) is 5.92 Å². The number of carboxylic acid groups (broad SMARTS) is 1. The lowest BCUT2D eigenvalue weighted by molar-refractivity contribution is -0.141. The van der Waals surface area contributed by atoms with Gasteiger partial charge in [-0.05, 0) is 12.8 Å². The number of hydrogen-bond donors (Lipinski definition) is 3. The lowest BCUT2D eigenvalue weighted by atomic mass is 9.99. The van der Waals surface area contributed by atoms with E-state index in [9.17, 15) is 9.59 Å². The number of carboxylic acids is 1. The monoisotopic (exact) mass is 202 g/mol. The number of amides is 1. The largest absolute Gasteiger partial charge is 0.480 e. The highest BCUT2D eigenvalue weighted by Crippen LogP contribution is 2.05. The van der Waals surface area contributed by atoms with E-state index in [1.165, 1.54) is 6.92 Å². The molecule has 0 aliphatic carbocycles. The van der Waals surface area contributed by atoms with Gasteiger partial charge in [-0.2, -0.15) is 0 Å². The summed E-state index contributed by atoms with van der Waals surface area (Å²) >= 11 is 0. The highest BCUT2D eigenvalue weighted by atomic mass is 16.4. The van der Waals surface area contributed by atoms with Crippen LogP contribution >= 0.6 is 0 Å². The van der Waals surface area contributed by atoms with Gasteiger partial charge in [0, 0.05) is 0 Å². The molecular weight excluding hydrogens is 184 g/mol. The molecule has 3 atom stereocenters. The van der Waals surface area contributed by atoms with Crippen LogP contribution in [0.3, 0.4) is 0 Å². The summed E-state index contributed by atoms with van der Waals surface area (Å²) in [5, 5.41) is 10.9. The van der Waals surface area contributed by atoms with E-state index in [2.05, 4.69) is 5.32 Å². The van der Waals surface area contributed by atoms with E-state index >= 15 is 0 Å². The maximum atomic E-state index is 11.4. The van der Waals surface area contributed by atoms with E-state index in [4.69, 9.17) is 10.8 Å². The Hall–Kier alpha value is -1.10. The zero-order valence-electron chi connectivity index (χ0n) is 8.78. The summed E-state index contributed by atoms with van der Waals surface area (Å²) in [6.45, 7) is 5.19. The molecule has 5 nitrogen and oxygen atoms in total. The van der Waals surface area contributed by atoms with Crippen molar-refractivity contribution in [3.8, 4) is 0 Å². The fourth-order valence-electron chi connectivity index (χ4n) is 0.884. The van der Waals surface area contributed by atoms with Crippen molar-refractivity contribution in [2.24, 2.45) is 11.7 Å². The van der Waals surface area contributed by atoms with E-state index in [0.717, 1.165) is 6.42 Å². The van der Waals surface area contributed by atoms with Crippen LogP contribution in [-0.4, -0.2) is 29.1 Å². The first-order valence-corrected chi connectivity index (χ1v) is 4.68. The Morgan fingerprint density at radius 2 is 1.93 bits per heavy atom. The van der Waals surface area contributed by atoms with Crippen LogP contribution in [0.4, 0.5) is 0 Å². The second-order valence-corrected chi connectivity index (χ2v) is 3.48. The molecule has 0 aliphatic heterocycles. The topological polar surface area (TPSA) is 92.4 Å². The molecule has 0 aromatic heterocycles. The molecule has 0 aliphatic rings. The molecular formula is C9H18N2O3. The predicted octanol–water partition coefficient (Wildman–Crippen LogP) is -0.0509. The minimum absolute atomic E-state index is 0.0518. The van der Waals surface area contributed by atoms with Crippen molar-refractivity contribution in [1.29, 1.82) is 0 Å². The first kappa shape index (κ1) is 12.9. The molecule has 4 N–H and O–H groups in total. The second kappa shape index (κ2) is 5.59. The highest BCUT2D eigenvalue weighted by molar-refractivity contribution is 5.86.